The van der Waals surface area contributed by atoms with Crippen molar-refractivity contribution in [2.75, 3.05) is 32.9 Å². The predicted octanol–water partition coefficient (Wildman–Crippen LogP) is 2.79. The van der Waals surface area contributed by atoms with Crippen LogP contribution in [0.25, 0.3) is 0 Å². The summed E-state index contributed by atoms with van der Waals surface area (Å²) in [6.07, 6.45) is 6.28. The highest BCUT2D eigenvalue weighted by Crippen LogP contribution is 2.60. The Bertz CT molecular complexity index is 998. The molecule has 1 heterocycles. The Morgan fingerprint density at radius 1 is 1.06 bits per heavy atom. The van der Waals surface area contributed by atoms with Gasteiger partial charge in [-0.05, 0) is 74.5 Å². The van der Waals surface area contributed by atoms with E-state index in [9.17, 15) is 22.4 Å². The van der Waals surface area contributed by atoms with Crippen LogP contribution in [0.4, 0.5) is 4.39 Å². The van der Waals surface area contributed by atoms with Gasteiger partial charge in [0, 0.05) is 18.5 Å². The summed E-state index contributed by atoms with van der Waals surface area (Å²) in [6, 6.07) is 3.13. The fraction of sp³-hybridized carbons (Fsp3) is 0.652. The van der Waals surface area contributed by atoms with E-state index < -0.39 is 26.7 Å². The average Bonchev–Trinajstić information content (AvgIpc) is 2.77. The van der Waals surface area contributed by atoms with Gasteiger partial charge in [-0.3, -0.25) is 4.79 Å². The fourth-order valence-electron chi connectivity index (χ4n) is 6.57. The number of halogens is 1. The molecule has 4 bridgehead atoms. The van der Waals surface area contributed by atoms with Crippen LogP contribution in [-0.2, 0) is 24.3 Å². The number of ketones is 1. The van der Waals surface area contributed by atoms with E-state index >= 15 is 0 Å². The number of benzene rings is 1. The van der Waals surface area contributed by atoms with Crippen LogP contribution in [0.1, 0.15) is 48.9 Å². The Morgan fingerprint density at radius 3 is 2.25 bits per heavy atom. The molecule has 6 rings (SSSR count). The third-order valence-corrected chi connectivity index (χ3v) is 9.63. The lowest BCUT2D eigenvalue weighted by atomic mass is 9.48. The molecular weight excluding hydrogens is 437 g/mol. The summed E-state index contributed by atoms with van der Waals surface area (Å²) in [7, 11) is -4.11. The van der Waals surface area contributed by atoms with Gasteiger partial charge in [0.1, 0.15) is 10.7 Å². The molecule has 7 nitrogen and oxygen atoms in total. The van der Waals surface area contributed by atoms with Crippen LogP contribution < -0.4 is 0 Å². The number of carbonyl (C=O) groups excluding carboxylic acids is 2. The molecule has 1 aromatic rings. The van der Waals surface area contributed by atoms with Crippen LogP contribution >= 0.6 is 0 Å². The van der Waals surface area contributed by atoms with Crippen molar-refractivity contribution < 1.29 is 31.9 Å². The number of sulfonamides is 1. The van der Waals surface area contributed by atoms with Gasteiger partial charge in [-0.1, -0.05) is 0 Å². The van der Waals surface area contributed by atoms with Gasteiger partial charge in [0.25, 0.3) is 0 Å². The number of Topliss-reactive ketones (excluding diaryl/α,β-unsaturated/α-hetero) is 1. The van der Waals surface area contributed by atoms with E-state index in [1.54, 1.807) is 0 Å². The van der Waals surface area contributed by atoms with Gasteiger partial charge >= 0.3 is 5.97 Å². The molecule has 1 saturated heterocycles. The number of morpholine rings is 1. The highest BCUT2D eigenvalue weighted by molar-refractivity contribution is 7.89. The molecule has 0 unspecified atom stereocenters. The molecule has 1 aromatic carbocycles. The maximum absolute atomic E-state index is 14.4. The highest BCUT2D eigenvalue weighted by Gasteiger charge is 2.54. The normalized spacial score (nSPS) is 32.1. The second-order valence-electron chi connectivity index (χ2n) is 9.86. The van der Waals surface area contributed by atoms with E-state index in [2.05, 4.69) is 0 Å². The first-order chi connectivity index (χ1) is 15.3. The van der Waals surface area contributed by atoms with Crippen molar-refractivity contribution in [1.82, 2.24) is 4.31 Å². The zero-order valence-electron chi connectivity index (χ0n) is 17.9. The fourth-order valence-corrected chi connectivity index (χ4v) is 8.07. The quantitative estimate of drug-likeness (QED) is 0.600. The molecule has 5 fully saturated rings. The maximum Gasteiger partial charge on any atom is 0.338 e. The van der Waals surface area contributed by atoms with Gasteiger partial charge < -0.3 is 9.47 Å². The molecule has 9 heteroatoms. The smallest absolute Gasteiger partial charge is 0.338 e. The van der Waals surface area contributed by atoms with E-state index in [1.807, 2.05) is 0 Å². The largest absolute Gasteiger partial charge is 0.454 e. The molecular formula is C23H28FNO6S. The van der Waals surface area contributed by atoms with Gasteiger partial charge in [-0.2, -0.15) is 4.31 Å². The first-order valence-corrected chi connectivity index (χ1v) is 12.8. The van der Waals surface area contributed by atoms with Gasteiger partial charge in [0.05, 0.1) is 18.8 Å². The zero-order valence-corrected chi connectivity index (χ0v) is 18.7. The van der Waals surface area contributed by atoms with Crippen LogP contribution in [0.2, 0.25) is 0 Å². The first kappa shape index (κ1) is 22.0. The molecule has 0 aromatic heterocycles. The van der Waals surface area contributed by atoms with Gasteiger partial charge in [-0.15, -0.1) is 0 Å². The van der Waals surface area contributed by atoms with E-state index in [4.69, 9.17) is 9.47 Å². The topological polar surface area (TPSA) is 90.0 Å². The Labute approximate surface area is 187 Å². The molecule has 0 N–H and O–H groups in total. The number of hydrogen-bond acceptors (Lipinski definition) is 6. The Balaban J connectivity index is 1.28. The van der Waals surface area contributed by atoms with E-state index in [-0.39, 0.29) is 49.7 Å². The van der Waals surface area contributed by atoms with Gasteiger partial charge in [-0.25, -0.2) is 17.6 Å². The number of carbonyl (C=O) groups is 2. The standard InChI is InChI=1S/C23H28FNO6S/c24-19-2-1-18(10-20(19)32(28,29)25-3-5-30-6-4-25)22(27)31-14-21(26)23-11-15-7-16(12-23)9-17(8-15)13-23/h1-2,10,15-17H,3-9,11-14H2. The first-order valence-electron chi connectivity index (χ1n) is 11.3. The monoisotopic (exact) mass is 465 g/mol. The second-order valence-corrected chi connectivity index (χ2v) is 11.8. The van der Waals surface area contributed by atoms with Crippen LogP contribution in [-0.4, -0.2) is 57.4 Å². The molecule has 174 valence electrons. The SMILES string of the molecule is O=C(OCC(=O)C12CC3CC(CC(C3)C1)C2)c1ccc(F)c(S(=O)(=O)N2CCOCC2)c1. The number of ether oxygens (including phenoxy) is 2. The number of nitrogens with zero attached hydrogens (tertiary/aromatic N) is 1. The summed E-state index contributed by atoms with van der Waals surface area (Å²) >= 11 is 0. The average molecular weight is 466 g/mol. The predicted molar refractivity (Wildman–Crippen MR) is 112 cm³/mol. The van der Waals surface area contributed by atoms with E-state index in [0.717, 1.165) is 35.7 Å². The minimum Gasteiger partial charge on any atom is -0.454 e. The summed E-state index contributed by atoms with van der Waals surface area (Å²) in [4.78, 5) is 25.1. The lowest BCUT2D eigenvalue weighted by molar-refractivity contribution is -0.147. The van der Waals surface area contributed by atoms with Crippen molar-refractivity contribution >= 4 is 21.8 Å². The molecule has 0 amide bonds. The molecule has 0 spiro atoms. The molecule has 32 heavy (non-hydrogen) atoms. The second kappa shape index (κ2) is 8.18. The van der Waals surface area contributed by atoms with Crippen LogP contribution in [0.3, 0.4) is 0 Å². The van der Waals surface area contributed by atoms with Crippen molar-refractivity contribution in [3.8, 4) is 0 Å². The number of rotatable bonds is 6. The molecule has 4 saturated carbocycles. The van der Waals surface area contributed by atoms with Crippen molar-refractivity contribution in [1.29, 1.82) is 0 Å². The molecule has 0 radical (unpaired) electrons. The summed E-state index contributed by atoms with van der Waals surface area (Å²) in [5.74, 6) is 0.0234. The number of hydrogen-bond donors (Lipinski definition) is 0. The van der Waals surface area contributed by atoms with Crippen molar-refractivity contribution in [2.24, 2.45) is 23.2 Å². The Morgan fingerprint density at radius 2 is 1.66 bits per heavy atom. The summed E-state index contributed by atoms with van der Waals surface area (Å²) in [6.45, 7) is 0.379. The lowest BCUT2D eigenvalue weighted by Gasteiger charge is -2.55. The summed E-state index contributed by atoms with van der Waals surface area (Å²) in [5.41, 5.74) is -0.459. The van der Waals surface area contributed by atoms with Crippen LogP contribution in [0.5, 0.6) is 0 Å². The van der Waals surface area contributed by atoms with E-state index in [1.165, 1.54) is 25.3 Å². The molecule has 5 aliphatic rings. The van der Waals surface area contributed by atoms with Crippen molar-refractivity contribution in [3.63, 3.8) is 0 Å². The Kier molecular flexibility index (Phi) is 5.62. The minimum absolute atomic E-state index is 0.0341. The van der Waals surface area contributed by atoms with Crippen molar-refractivity contribution in [3.05, 3.63) is 29.6 Å². The number of esters is 1. The maximum atomic E-state index is 14.4. The third kappa shape index (κ3) is 3.88. The minimum atomic E-state index is -4.11. The molecule has 4 aliphatic carbocycles. The zero-order chi connectivity index (χ0) is 22.5. The summed E-state index contributed by atoms with van der Waals surface area (Å²) < 4.78 is 51.6. The Hall–Kier alpha value is -1.84. The molecule has 0 atom stereocenters. The lowest BCUT2D eigenvalue weighted by Crippen LogP contribution is -2.51. The van der Waals surface area contributed by atoms with Crippen LogP contribution in [0.15, 0.2) is 23.1 Å². The van der Waals surface area contributed by atoms with Gasteiger partial charge in [0.2, 0.25) is 10.0 Å². The molecule has 1 aliphatic heterocycles. The van der Waals surface area contributed by atoms with Gasteiger partial charge in [0.15, 0.2) is 12.4 Å². The van der Waals surface area contributed by atoms with Crippen LogP contribution in [0, 0.1) is 29.0 Å². The summed E-state index contributed by atoms with van der Waals surface area (Å²) in [5, 5.41) is 0. The highest BCUT2D eigenvalue weighted by atomic mass is 32.2. The van der Waals surface area contributed by atoms with E-state index in [0.29, 0.717) is 17.8 Å². The third-order valence-electron chi connectivity index (χ3n) is 7.72. The van der Waals surface area contributed by atoms with Crippen molar-refractivity contribution in [2.45, 2.75) is 43.4 Å².